The molecule has 2 aromatic carbocycles. The monoisotopic (exact) mass is 781 g/mol. The van der Waals surface area contributed by atoms with E-state index >= 15 is 0 Å². The van der Waals surface area contributed by atoms with Crippen LogP contribution < -0.4 is 26.6 Å². The number of carbonyl (C=O) groups excluding carboxylic acids is 4. The molecule has 7 rings (SSSR count). The summed E-state index contributed by atoms with van der Waals surface area (Å²) in [5.74, 6) is -0.195. The summed E-state index contributed by atoms with van der Waals surface area (Å²) in [7, 11) is -0.516. The highest BCUT2D eigenvalue weighted by atomic mass is 16.7. The second-order valence-corrected chi connectivity index (χ2v) is 17.5. The van der Waals surface area contributed by atoms with Gasteiger partial charge in [-0.05, 0) is 91.5 Å². The van der Waals surface area contributed by atoms with Gasteiger partial charge >= 0.3 is 7.12 Å². The lowest BCUT2D eigenvalue weighted by Gasteiger charge is -2.64. The third-order valence-electron chi connectivity index (χ3n) is 13.2. The summed E-state index contributed by atoms with van der Waals surface area (Å²) in [4.78, 5) is 52.7. The maximum Gasteiger partial charge on any atom is 0.478 e. The lowest BCUT2D eigenvalue weighted by molar-refractivity contribution is -0.199. The zero-order valence-electron chi connectivity index (χ0n) is 34.6. The topological polar surface area (TPSA) is 147 Å². The first-order valence-corrected chi connectivity index (χ1v) is 21.5. The smallest absolute Gasteiger partial charge is 0.404 e. The molecule has 0 radical (unpaired) electrons. The van der Waals surface area contributed by atoms with Gasteiger partial charge in [-0.3, -0.25) is 19.2 Å². The van der Waals surface area contributed by atoms with Crippen LogP contribution in [0.5, 0.6) is 0 Å². The van der Waals surface area contributed by atoms with Gasteiger partial charge in [0, 0.05) is 11.3 Å². The Balaban J connectivity index is 0.958. The number of unbranched alkanes of at least 4 members (excludes halogenated alkanes) is 1. The lowest BCUT2D eigenvalue weighted by Crippen LogP contribution is -2.65. The summed E-state index contributed by atoms with van der Waals surface area (Å²) in [6, 6.07) is 14.8. The van der Waals surface area contributed by atoms with E-state index in [-0.39, 0.29) is 60.3 Å². The van der Waals surface area contributed by atoms with Gasteiger partial charge in [-0.15, -0.1) is 0 Å². The minimum Gasteiger partial charge on any atom is -0.404 e. The molecular formula is C45H64BN5O6. The first kappa shape index (κ1) is 42.5. The number of amides is 4. The van der Waals surface area contributed by atoms with Crippen molar-refractivity contribution in [3.05, 3.63) is 71.9 Å². The summed E-state index contributed by atoms with van der Waals surface area (Å²) in [6.45, 7) is 12.8. The van der Waals surface area contributed by atoms with Crippen molar-refractivity contribution in [2.24, 2.45) is 17.3 Å². The van der Waals surface area contributed by atoms with E-state index in [2.05, 4.69) is 85.1 Å². The summed E-state index contributed by atoms with van der Waals surface area (Å²) < 4.78 is 12.8. The number of hydrogen-bond acceptors (Lipinski definition) is 7. The Hall–Kier alpha value is -4.16. The van der Waals surface area contributed by atoms with E-state index < -0.39 is 19.2 Å². The Labute approximate surface area is 339 Å². The van der Waals surface area contributed by atoms with E-state index in [1.807, 2.05) is 12.1 Å². The van der Waals surface area contributed by atoms with Crippen LogP contribution >= 0.6 is 0 Å². The molecule has 4 unspecified atom stereocenters. The first-order valence-electron chi connectivity index (χ1n) is 21.5. The molecule has 57 heavy (non-hydrogen) atoms. The predicted octanol–water partition coefficient (Wildman–Crippen LogP) is 6.02. The Morgan fingerprint density at radius 2 is 1.56 bits per heavy atom. The van der Waals surface area contributed by atoms with Gasteiger partial charge < -0.3 is 35.9 Å². The highest BCUT2D eigenvalue weighted by Gasteiger charge is 2.67. The molecule has 3 aliphatic carbocycles. The van der Waals surface area contributed by atoms with Gasteiger partial charge in [0.1, 0.15) is 6.04 Å². The van der Waals surface area contributed by atoms with Gasteiger partial charge in [0.2, 0.25) is 17.7 Å². The Kier molecular flexibility index (Phi) is 14.2. The molecule has 0 spiro atoms. The summed E-state index contributed by atoms with van der Waals surface area (Å²) in [5, 5.41) is 14.7. The van der Waals surface area contributed by atoms with Gasteiger partial charge in [0.15, 0.2) is 0 Å². The van der Waals surface area contributed by atoms with Crippen LogP contribution in [0.1, 0.15) is 121 Å². The van der Waals surface area contributed by atoms with Crippen LogP contribution in [0.2, 0.25) is 0 Å². The summed E-state index contributed by atoms with van der Waals surface area (Å²) in [6.07, 6.45) is 12.6. The maximum atomic E-state index is 13.5. The molecule has 6 atom stereocenters. The number of nitrogens with one attached hydrogen (secondary N) is 5. The second kappa shape index (κ2) is 19.1. The van der Waals surface area contributed by atoms with Crippen molar-refractivity contribution in [2.75, 3.05) is 19.5 Å². The largest absolute Gasteiger partial charge is 0.478 e. The van der Waals surface area contributed by atoms with E-state index in [1.54, 1.807) is 12.1 Å². The van der Waals surface area contributed by atoms with Gasteiger partial charge in [-0.1, -0.05) is 109 Å². The van der Waals surface area contributed by atoms with Crippen molar-refractivity contribution in [1.29, 1.82) is 0 Å². The fraction of sp³-hybridized carbons (Fsp3) is 0.600. The average Bonchev–Trinajstić information content (AvgIpc) is 3.56. The van der Waals surface area contributed by atoms with Crippen LogP contribution in [0.15, 0.2) is 60.8 Å². The van der Waals surface area contributed by atoms with Crippen LogP contribution in [0, 0.1) is 17.3 Å². The quantitative estimate of drug-likeness (QED) is 0.176. The number of aryl methyl sites for hydroxylation is 1. The van der Waals surface area contributed by atoms with Gasteiger partial charge in [0.25, 0.3) is 5.91 Å². The van der Waals surface area contributed by atoms with Gasteiger partial charge in [-0.2, -0.15) is 0 Å². The molecule has 5 aliphatic rings. The molecular weight excluding hydrogens is 717 g/mol. The predicted molar refractivity (Wildman–Crippen MR) is 224 cm³/mol. The van der Waals surface area contributed by atoms with E-state index in [9.17, 15) is 19.2 Å². The van der Waals surface area contributed by atoms with Crippen molar-refractivity contribution < 1.29 is 28.5 Å². The van der Waals surface area contributed by atoms with E-state index in [0.29, 0.717) is 35.9 Å². The van der Waals surface area contributed by atoms with E-state index in [0.717, 1.165) is 75.3 Å². The zero-order valence-corrected chi connectivity index (χ0v) is 34.6. The van der Waals surface area contributed by atoms with Crippen LogP contribution in [0.4, 0.5) is 0 Å². The normalized spacial score (nSPS) is 27.6. The number of benzene rings is 2. The fourth-order valence-electron chi connectivity index (χ4n) is 9.48. The molecule has 2 saturated heterocycles. The SMILES string of the molecule is C=C1NCC(=O)NC(C(=O)NCB2O[C@@H]3CC4CC(C4(C)C)[C@]3(C)O2)CCCCCCCCC1NC(=O)CNC(=O)c1ccc(-c2ccc(CCCC)cc2)cc1. The van der Waals surface area contributed by atoms with Crippen LogP contribution in [-0.2, 0) is 30.1 Å². The number of hydrogen-bond donors (Lipinski definition) is 5. The van der Waals surface area contributed by atoms with Crippen molar-refractivity contribution in [1.82, 2.24) is 26.6 Å². The Morgan fingerprint density at radius 1 is 0.895 bits per heavy atom. The molecule has 2 aromatic rings. The fourth-order valence-corrected chi connectivity index (χ4v) is 9.48. The van der Waals surface area contributed by atoms with Crippen molar-refractivity contribution in [3.8, 4) is 11.1 Å². The lowest BCUT2D eigenvalue weighted by atomic mass is 9.43. The molecule has 2 heterocycles. The third-order valence-corrected chi connectivity index (χ3v) is 13.2. The first-order chi connectivity index (χ1) is 27.4. The Bertz CT molecular complexity index is 1730. The molecule has 2 aliphatic heterocycles. The molecule has 5 N–H and O–H groups in total. The minimum absolute atomic E-state index is 0.0355. The number of carbonyl (C=O) groups is 4. The molecule has 4 amide bonds. The molecule has 12 heteroatoms. The highest BCUT2D eigenvalue weighted by Crippen LogP contribution is 2.65. The molecule has 308 valence electrons. The van der Waals surface area contributed by atoms with E-state index in [1.165, 1.54) is 12.0 Å². The summed E-state index contributed by atoms with van der Waals surface area (Å²) in [5.41, 5.74) is 4.28. The van der Waals surface area contributed by atoms with Crippen LogP contribution in [-0.4, -0.2) is 74.1 Å². The van der Waals surface area contributed by atoms with Gasteiger partial charge in [0.05, 0.1) is 37.3 Å². The van der Waals surface area contributed by atoms with Crippen LogP contribution in [0.3, 0.4) is 0 Å². The second-order valence-electron chi connectivity index (χ2n) is 17.5. The van der Waals surface area contributed by atoms with Crippen molar-refractivity contribution >= 4 is 30.7 Å². The number of rotatable bonds is 11. The summed E-state index contributed by atoms with van der Waals surface area (Å²) >= 11 is 0. The standard InChI is InChI=1S/C45H64BN5O6/c1-6-7-14-31-17-19-32(20-18-31)33-21-23-34(24-22-33)42(54)48-28-41(53)50-36-15-12-10-8-9-11-13-16-37(51-40(52)27-47-30(36)2)43(55)49-29-46-56-39-26-35-25-38(44(35,3)4)45(39,5)57-46/h17-24,35-39,47H,2,6-16,25-29H2,1,3-5H3,(H,48,54)(H,49,55)(H,50,53)(H,51,52)/t35?,36?,37?,38?,39-,45+/m1/s1. The van der Waals surface area contributed by atoms with E-state index in [4.69, 9.17) is 9.31 Å². The van der Waals surface area contributed by atoms with Crippen molar-refractivity contribution in [2.45, 2.75) is 135 Å². The molecule has 3 saturated carbocycles. The average molecular weight is 782 g/mol. The zero-order chi connectivity index (χ0) is 40.6. The Morgan fingerprint density at radius 3 is 2.25 bits per heavy atom. The molecule has 5 fully saturated rings. The third kappa shape index (κ3) is 10.5. The van der Waals surface area contributed by atoms with Crippen LogP contribution in [0.25, 0.3) is 11.1 Å². The molecule has 2 bridgehead atoms. The van der Waals surface area contributed by atoms with Gasteiger partial charge in [-0.25, -0.2) is 0 Å². The molecule has 11 nitrogen and oxygen atoms in total. The molecule has 0 aromatic heterocycles. The minimum atomic E-state index is -0.694. The highest BCUT2D eigenvalue weighted by molar-refractivity contribution is 6.46. The maximum absolute atomic E-state index is 13.5. The van der Waals surface area contributed by atoms with Crippen molar-refractivity contribution in [3.63, 3.8) is 0 Å².